The average molecular weight is 396 g/mol. The van der Waals surface area contributed by atoms with E-state index in [0.29, 0.717) is 34.8 Å². The van der Waals surface area contributed by atoms with Crippen LogP contribution in [0.2, 0.25) is 0 Å². The molecule has 1 amide bonds. The smallest absolute Gasteiger partial charge is 0.305 e. The Hall–Kier alpha value is -1.87. The number of carboxylic acids is 1. The van der Waals surface area contributed by atoms with Crippen LogP contribution in [0.3, 0.4) is 0 Å². The van der Waals surface area contributed by atoms with Crippen molar-refractivity contribution in [1.29, 1.82) is 0 Å². The van der Waals surface area contributed by atoms with Gasteiger partial charge in [0.25, 0.3) is 5.56 Å². The van der Waals surface area contributed by atoms with E-state index in [1.807, 2.05) is 13.8 Å². The number of aromatic amines is 1. The minimum Gasteiger partial charge on any atom is -0.481 e. The van der Waals surface area contributed by atoms with E-state index in [1.165, 1.54) is 11.3 Å². The second kappa shape index (κ2) is 7.79. The van der Waals surface area contributed by atoms with E-state index < -0.39 is 5.97 Å². The number of aliphatic carboxylic acids is 1. The lowest BCUT2D eigenvalue weighted by Gasteiger charge is -2.34. The summed E-state index contributed by atoms with van der Waals surface area (Å²) < 4.78 is 0. The van der Waals surface area contributed by atoms with Crippen LogP contribution in [0, 0.1) is 13.8 Å². The molecule has 0 aromatic carbocycles. The highest BCUT2D eigenvalue weighted by molar-refractivity contribution is 7.99. The van der Waals surface area contributed by atoms with Gasteiger partial charge in [-0.1, -0.05) is 0 Å². The van der Waals surface area contributed by atoms with Gasteiger partial charge in [0.2, 0.25) is 5.91 Å². The van der Waals surface area contributed by atoms with E-state index in [2.05, 4.69) is 9.97 Å². The fourth-order valence-electron chi connectivity index (χ4n) is 3.14. The Morgan fingerprint density at radius 1 is 1.38 bits per heavy atom. The zero-order valence-corrected chi connectivity index (χ0v) is 16.3. The third-order valence-corrected chi connectivity index (χ3v) is 6.81. The standard InChI is InChI=1S/C17H21N3O4S2/c1-9-10(2)26-17-15(9)16(24)18-12(19-17)3-4-13(21)20-5-6-25-8-11(20)7-14(22)23/h11H,3-8H2,1-2H3,(H,22,23)(H,18,19,24). The van der Waals surface area contributed by atoms with Crippen molar-refractivity contribution in [2.75, 3.05) is 18.1 Å². The fourth-order valence-corrected chi connectivity index (χ4v) is 5.25. The summed E-state index contributed by atoms with van der Waals surface area (Å²) in [5.74, 6) is 0.981. The van der Waals surface area contributed by atoms with Gasteiger partial charge < -0.3 is 15.0 Å². The Kier molecular flexibility index (Phi) is 5.67. The number of carbonyl (C=O) groups is 2. The van der Waals surface area contributed by atoms with Gasteiger partial charge in [-0.2, -0.15) is 11.8 Å². The number of aromatic nitrogens is 2. The van der Waals surface area contributed by atoms with E-state index in [-0.39, 0.29) is 30.3 Å². The van der Waals surface area contributed by atoms with Crippen LogP contribution in [0.4, 0.5) is 0 Å². The number of fused-ring (bicyclic) bond motifs is 1. The van der Waals surface area contributed by atoms with E-state index in [9.17, 15) is 14.4 Å². The Labute approximate surface area is 158 Å². The summed E-state index contributed by atoms with van der Waals surface area (Å²) >= 11 is 3.15. The summed E-state index contributed by atoms with van der Waals surface area (Å²) in [5.41, 5.74) is 0.779. The molecular weight excluding hydrogens is 374 g/mol. The van der Waals surface area contributed by atoms with Crippen LogP contribution in [0.25, 0.3) is 10.2 Å². The van der Waals surface area contributed by atoms with Crippen molar-refractivity contribution in [2.24, 2.45) is 0 Å². The first kappa shape index (κ1) is 18.9. The quantitative estimate of drug-likeness (QED) is 0.802. The molecule has 0 aliphatic carbocycles. The molecule has 1 aliphatic rings. The van der Waals surface area contributed by atoms with Crippen molar-refractivity contribution in [3.63, 3.8) is 0 Å². The average Bonchev–Trinajstić information content (AvgIpc) is 2.87. The maximum Gasteiger partial charge on any atom is 0.305 e. The number of carbonyl (C=O) groups excluding carboxylic acids is 1. The number of hydrogen-bond donors (Lipinski definition) is 2. The molecule has 9 heteroatoms. The van der Waals surface area contributed by atoms with E-state index in [0.717, 1.165) is 16.2 Å². The number of thiophene rings is 1. The topological polar surface area (TPSA) is 103 Å². The lowest BCUT2D eigenvalue weighted by atomic mass is 10.1. The van der Waals surface area contributed by atoms with Crippen molar-refractivity contribution >= 4 is 45.2 Å². The van der Waals surface area contributed by atoms with Crippen LogP contribution in [0.15, 0.2) is 4.79 Å². The van der Waals surface area contributed by atoms with Crippen molar-refractivity contribution < 1.29 is 14.7 Å². The molecule has 2 aromatic heterocycles. The van der Waals surface area contributed by atoms with Crippen LogP contribution in [-0.4, -0.2) is 55.9 Å². The van der Waals surface area contributed by atoms with E-state index in [1.54, 1.807) is 16.7 Å². The minimum absolute atomic E-state index is 0.0342. The first-order valence-corrected chi connectivity index (χ1v) is 10.4. The zero-order valence-electron chi connectivity index (χ0n) is 14.7. The highest BCUT2D eigenvalue weighted by Crippen LogP contribution is 2.26. The Balaban J connectivity index is 1.71. The maximum atomic E-state index is 12.6. The number of nitrogens with zero attached hydrogens (tertiary/aromatic N) is 2. The van der Waals surface area contributed by atoms with E-state index in [4.69, 9.17) is 5.11 Å². The summed E-state index contributed by atoms with van der Waals surface area (Å²) in [6.07, 6.45) is 0.509. The minimum atomic E-state index is -0.893. The summed E-state index contributed by atoms with van der Waals surface area (Å²) in [6.45, 7) is 4.43. The summed E-state index contributed by atoms with van der Waals surface area (Å²) in [7, 11) is 0. The lowest BCUT2D eigenvalue weighted by Crippen LogP contribution is -2.47. The maximum absolute atomic E-state index is 12.6. The van der Waals surface area contributed by atoms with Crippen LogP contribution in [0.1, 0.15) is 29.1 Å². The van der Waals surface area contributed by atoms with Crippen LogP contribution >= 0.6 is 23.1 Å². The molecule has 1 atom stereocenters. The highest BCUT2D eigenvalue weighted by Gasteiger charge is 2.28. The normalized spacial score (nSPS) is 17.6. The summed E-state index contributed by atoms with van der Waals surface area (Å²) in [5, 5.41) is 9.66. The van der Waals surface area contributed by atoms with Crippen LogP contribution in [0.5, 0.6) is 0 Å². The Bertz CT molecular complexity index is 905. The molecule has 0 spiro atoms. The number of amides is 1. The number of H-pyrrole nitrogens is 1. The van der Waals surface area contributed by atoms with Crippen LogP contribution in [-0.2, 0) is 16.0 Å². The molecule has 1 unspecified atom stereocenters. The third kappa shape index (κ3) is 3.93. The first-order valence-electron chi connectivity index (χ1n) is 8.44. The van der Waals surface area contributed by atoms with Gasteiger partial charge in [-0.05, 0) is 19.4 Å². The Morgan fingerprint density at radius 2 is 2.15 bits per heavy atom. The molecule has 7 nitrogen and oxygen atoms in total. The molecule has 2 aromatic rings. The predicted octanol–water partition coefficient (Wildman–Crippen LogP) is 1.95. The Morgan fingerprint density at radius 3 is 2.88 bits per heavy atom. The SMILES string of the molecule is Cc1sc2nc(CCC(=O)N3CCSCC3CC(=O)O)[nH]c(=O)c2c1C. The van der Waals surface area contributed by atoms with Gasteiger partial charge >= 0.3 is 5.97 Å². The van der Waals surface area contributed by atoms with Crippen molar-refractivity contribution in [1.82, 2.24) is 14.9 Å². The molecule has 2 N–H and O–H groups in total. The predicted molar refractivity (Wildman–Crippen MR) is 103 cm³/mol. The van der Waals surface area contributed by atoms with Crippen molar-refractivity contribution in [3.05, 3.63) is 26.6 Å². The number of hydrogen-bond acceptors (Lipinski definition) is 6. The number of aryl methyl sites for hydroxylation is 3. The number of carboxylic acid groups (broad SMARTS) is 1. The second-order valence-electron chi connectivity index (χ2n) is 6.39. The molecule has 140 valence electrons. The first-order chi connectivity index (χ1) is 12.4. The zero-order chi connectivity index (χ0) is 18.8. The fraction of sp³-hybridized carbons (Fsp3) is 0.529. The number of rotatable bonds is 5. The van der Waals surface area contributed by atoms with Gasteiger partial charge in [-0.15, -0.1) is 11.3 Å². The van der Waals surface area contributed by atoms with Crippen LogP contribution < -0.4 is 5.56 Å². The van der Waals surface area contributed by atoms with Gasteiger partial charge in [0.15, 0.2) is 0 Å². The molecule has 26 heavy (non-hydrogen) atoms. The summed E-state index contributed by atoms with van der Waals surface area (Å²) in [4.78, 5) is 46.6. The molecule has 0 radical (unpaired) electrons. The monoisotopic (exact) mass is 395 g/mol. The van der Waals surface area contributed by atoms with Gasteiger partial charge in [-0.3, -0.25) is 14.4 Å². The number of thioether (sulfide) groups is 1. The highest BCUT2D eigenvalue weighted by atomic mass is 32.2. The van der Waals surface area contributed by atoms with Crippen molar-refractivity contribution in [2.45, 2.75) is 39.2 Å². The lowest BCUT2D eigenvalue weighted by molar-refractivity contribution is -0.140. The van der Waals surface area contributed by atoms with Gasteiger partial charge in [0, 0.05) is 35.8 Å². The third-order valence-electron chi connectivity index (χ3n) is 4.62. The largest absolute Gasteiger partial charge is 0.481 e. The van der Waals surface area contributed by atoms with Crippen molar-refractivity contribution in [3.8, 4) is 0 Å². The molecule has 3 heterocycles. The van der Waals surface area contributed by atoms with Gasteiger partial charge in [-0.25, -0.2) is 4.98 Å². The molecule has 1 saturated heterocycles. The molecule has 0 bridgehead atoms. The van der Waals surface area contributed by atoms with E-state index >= 15 is 0 Å². The molecule has 1 fully saturated rings. The molecular formula is C17H21N3O4S2. The number of nitrogens with one attached hydrogen (secondary N) is 1. The summed E-state index contributed by atoms with van der Waals surface area (Å²) in [6, 6.07) is -0.268. The van der Waals surface area contributed by atoms with Gasteiger partial charge in [0.1, 0.15) is 10.7 Å². The van der Waals surface area contributed by atoms with Gasteiger partial charge in [0.05, 0.1) is 17.8 Å². The molecule has 0 saturated carbocycles. The second-order valence-corrected chi connectivity index (χ2v) is 8.74. The molecule has 3 rings (SSSR count). The molecule has 1 aliphatic heterocycles.